The second-order valence-electron chi connectivity index (χ2n) is 5.06. The van der Waals surface area contributed by atoms with Crippen molar-refractivity contribution in [1.82, 2.24) is 5.32 Å². The van der Waals surface area contributed by atoms with E-state index in [4.69, 9.17) is 4.74 Å². The Morgan fingerprint density at radius 3 is 2.59 bits per heavy atom. The van der Waals surface area contributed by atoms with Gasteiger partial charge in [-0.3, -0.25) is 0 Å². The zero-order valence-corrected chi connectivity index (χ0v) is 11.1. The molecule has 0 radical (unpaired) electrons. The summed E-state index contributed by atoms with van der Waals surface area (Å²) >= 11 is 0. The Labute approximate surface area is 104 Å². The fraction of sp³-hybridized carbons (Fsp3) is 0.600. The van der Waals surface area contributed by atoms with Crippen molar-refractivity contribution in [2.24, 2.45) is 0 Å². The summed E-state index contributed by atoms with van der Waals surface area (Å²) in [6.07, 6.45) is 2.50. The van der Waals surface area contributed by atoms with Gasteiger partial charge < -0.3 is 10.1 Å². The van der Waals surface area contributed by atoms with E-state index >= 15 is 0 Å². The predicted octanol–water partition coefficient (Wildman–Crippen LogP) is 3.13. The van der Waals surface area contributed by atoms with Crippen molar-refractivity contribution in [3.8, 4) is 0 Å². The Kier molecular flexibility index (Phi) is 4.19. The number of hydrogen-bond acceptors (Lipinski definition) is 2. The van der Waals surface area contributed by atoms with Gasteiger partial charge in [-0.15, -0.1) is 0 Å². The number of ether oxygens (including phenoxy) is 1. The van der Waals surface area contributed by atoms with Gasteiger partial charge in [-0.05, 0) is 38.8 Å². The lowest BCUT2D eigenvalue weighted by molar-refractivity contribution is 0.000537. The van der Waals surface area contributed by atoms with Gasteiger partial charge in [0.1, 0.15) is 0 Å². The van der Waals surface area contributed by atoms with E-state index in [-0.39, 0.29) is 6.10 Å². The van der Waals surface area contributed by atoms with Crippen LogP contribution in [0, 0.1) is 13.8 Å². The van der Waals surface area contributed by atoms with Crippen molar-refractivity contribution in [1.29, 1.82) is 0 Å². The summed E-state index contributed by atoms with van der Waals surface area (Å²) in [6, 6.07) is 7.34. The molecule has 2 rings (SSSR count). The molecular weight excluding hydrogens is 210 g/mol. The van der Waals surface area contributed by atoms with Crippen molar-refractivity contribution in [2.45, 2.75) is 45.8 Å². The summed E-state index contributed by atoms with van der Waals surface area (Å²) < 4.78 is 5.91. The minimum Gasteiger partial charge on any atom is -0.373 e. The van der Waals surface area contributed by atoms with Crippen LogP contribution >= 0.6 is 0 Å². The summed E-state index contributed by atoms with van der Waals surface area (Å²) in [5.74, 6) is 0. The molecule has 1 saturated heterocycles. The Balaban J connectivity index is 2.10. The van der Waals surface area contributed by atoms with Crippen LogP contribution in [-0.2, 0) is 4.74 Å². The van der Waals surface area contributed by atoms with Gasteiger partial charge in [0.25, 0.3) is 0 Å². The summed E-state index contributed by atoms with van der Waals surface area (Å²) in [4.78, 5) is 0. The fourth-order valence-corrected chi connectivity index (χ4v) is 2.70. The zero-order valence-electron chi connectivity index (χ0n) is 11.1. The van der Waals surface area contributed by atoms with Gasteiger partial charge >= 0.3 is 0 Å². The van der Waals surface area contributed by atoms with Crippen molar-refractivity contribution in [3.05, 3.63) is 34.9 Å². The van der Waals surface area contributed by atoms with E-state index in [1.54, 1.807) is 0 Å². The van der Waals surface area contributed by atoms with Gasteiger partial charge in [-0.2, -0.15) is 0 Å². The highest BCUT2D eigenvalue weighted by molar-refractivity contribution is 5.30. The first-order valence-corrected chi connectivity index (χ1v) is 6.62. The van der Waals surface area contributed by atoms with Crippen molar-refractivity contribution < 1.29 is 4.74 Å². The second kappa shape index (κ2) is 5.65. The van der Waals surface area contributed by atoms with E-state index in [2.05, 4.69) is 44.3 Å². The molecule has 0 aliphatic carbocycles. The molecule has 1 fully saturated rings. The third-order valence-electron chi connectivity index (χ3n) is 3.39. The normalized spacial score (nSPS) is 24.9. The highest BCUT2D eigenvalue weighted by atomic mass is 16.5. The minimum atomic E-state index is 0.270. The Hall–Kier alpha value is -0.860. The Morgan fingerprint density at radius 2 is 1.94 bits per heavy atom. The summed E-state index contributed by atoms with van der Waals surface area (Å²) in [7, 11) is 0. The van der Waals surface area contributed by atoms with Crippen LogP contribution in [0.3, 0.4) is 0 Å². The number of benzene rings is 1. The molecule has 17 heavy (non-hydrogen) atoms. The number of rotatable bonds is 3. The SMILES string of the molecule is CCNC1CCOC(c2cc(C)cc(C)c2)C1. The first kappa shape index (κ1) is 12.6. The Bertz CT molecular complexity index is 353. The van der Waals surface area contributed by atoms with E-state index < -0.39 is 0 Å². The van der Waals surface area contributed by atoms with E-state index in [1.165, 1.54) is 16.7 Å². The molecule has 0 spiro atoms. The van der Waals surface area contributed by atoms with Crippen molar-refractivity contribution in [2.75, 3.05) is 13.2 Å². The third kappa shape index (κ3) is 3.30. The number of hydrogen-bond donors (Lipinski definition) is 1. The van der Waals surface area contributed by atoms with Crippen LogP contribution in [0.25, 0.3) is 0 Å². The number of nitrogens with one attached hydrogen (secondary N) is 1. The van der Waals surface area contributed by atoms with Gasteiger partial charge in [0, 0.05) is 12.6 Å². The van der Waals surface area contributed by atoms with Crippen LogP contribution in [0.4, 0.5) is 0 Å². The molecule has 1 aromatic carbocycles. The molecule has 2 nitrogen and oxygen atoms in total. The van der Waals surface area contributed by atoms with E-state index in [0.29, 0.717) is 6.04 Å². The average Bonchev–Trinajstić information content (AvgIpc) is 2.28. The molecule has 0 saturated carbocycles. The third-order valence-corrected chi connectivity index (χ3v) is 3.39. The molecule has 0 aromatic heterocycles. The first-order valence-electron chi connectivity index (χ1n) is 6.62. The fourth-order valence-electron chi connectivity index (χ4n) is 2.70. The Morgan fingerprint density at radius 1 is 1.24 bits per heavy atom. The maximum Gasteiger partial charge on any atom is 0.0840 e. The molecular formula is C15H23NO. The smallest absolute Gasteiger partial charge is 0.0840 e. The largest absolute Gasteiger partial charge is 0.373 e. The van der Waals surface area contributed by atoms with E-state index in [9.17, 15) is 0 Å². The summed E-state index contributed by atoms with van der Waals surface area (Å²) in [5.41, 5.74) is 3.99. The maximum atomic E-state index is 5.91. The molecule has 1 aromatic rings. The van der Waals surface area contributed by atoms with Crippen molar-refractivity contribution in [3.63, 3.8) is 0 Å². The monoisotopic (exact) mass is 233 g/mol. The van der Waals surface area contributed by atoms with Crippen LogP contribution in [0.5, 0.6) is 0 Å². The van der Waals surface area contributed by atoms with Gasteiger partial charge in [0.05, 0.1) is 6.10 Å². The topological polar surface area (TPSA) is 21.3 Å². The van der Waals surface area contributed by atoms with Crippen LogP contribution in [0.2, 0.25) is 0 Å². The highest BCUT2D eigenvalue weighted by Gasteiger charge is 2.23. The minimum absolute atomic E-state index is 0.270. The summed E-state index contributed by atoms with van der Waals surface area (Å²) in [5, 5.41) is 3.53. The van der Waals surface area contributed by atoms with Crippen molar-refractivity contribution >= 4 is 0 Å². The molecule has 1 aliphatic rings. The second-order valence-corrected chi connectivity index (χ2v) is 5.06. The first-order chi connectivity index (χ1) is 8.19. The zero-order chi connectivity index (χ0) is 12.3. The quantitative estimate of drug-likeness (QED) is 0.866. The molecule has 1 N–H and O–H groups in total. The van der Waals surface area contributed by atoms with Crippen LogP contribution < -0.4 is 5.32 Å². The lowest BCUT2D eigenvalue weighted by atomic mass is 9.95. The lowest BCUT2D eigenvalue weighted by Crippen LogP contribution is -2.35. The average molecular weight is 233 g/mol. The van der Waals surface area contributed by atoms with Crippen LogP contribution in [0.15, 0.2) is 18.2 Å². The number of aryl methyl sites for hydroxylation is 2. The van der Waals surface area contributed by atoms with Gasteiger partial charge in [0.2, 0.25) is 0 Å². The van der Waals surface area contributed by atoms with E-state index in [0.717, 1.165) is 26.0 Å². The predicted molar refractivity (Wildman–Crippen MR) is 71.3 cm³/mol. The highest BCUT2D eigenvalue weighted by Crippen LogP contribution is 2.29. The molecule has 0 bridgehead atoms. The summed E-state index contributed by atoms with van der Waals surface area (Å²) in [6.45, 7) is 8.39. The van der Waals surface area contributed by atoms with E-state index in [1.807, 2.05) is 0 Å². The molecule has 94 valence electrons. The van der Waals surface area contributed by atoms with Crippen LogP contribution in [0.1, 0.15) is 42.6 Å². The van der Waals surface area contributed by atoms with Crippen LogP contribution in [-0.4, -0.2) is 19.2 Å². The molecule has 1 aliphatic heterocycles. The van der Waals surface area contributed by atoms with Gasteiger partial charge in [0.15, 0.2) is 0 Å². The standard InChI is InChI=1S/C15H23NO/c1-4-16-14-5-6-17-15(10-14)13-8-11(2)7-12(3)9-13/h7-9,14-16H,4-6,10H2,1-3H3. The molecule has 2 atom stereocenters. The van der Waals surface area contributed by atoms with Gasteiger partial charge in [-0.1, -0.05) is 36.2 Å². The molecule has 0 amide bonds. The maximum absolute atomic E-state index is 5.91. The molecule has 2 unspecified atom stereocenters. The molecule has 2 heteroatoms. The lowest BCUT2D eigenvalue weighted by Gasteiger charge is -2.30. The molecule has 1 heterocycles. The van der Waals surface area contributed by atoms with Gasteiger partial charge in [-0.25, -0.2) is 0 Å².